The van der Waals surface area contributed by atoms with Crippen LogP contribution in [0.3, 0.4) is 0 Å². The lowest BCUT2D eigenvalue weighted by Gasteiger charge is -2.12. The zero-order valence-corrected chi connectivity index (χ0v) is 16.3. The zero-order valence-electron chi connectivity index (χ0n) is 16.3. The van der Waals surface area contributed by atoms with E-state index in [2.05, 4.69) is 4.74 Å². The molecule has 2 N–H and O–H groups in total. The number of rotatable bonds is 8. The molecule has 1 aliphatic carbocycles. The first-order valence-corrected chi connectivity index (χ1v) is 9.66. The molecule has 7 heteroatoms. The van der Waals surface area contributed by atoms with Crippen LogP contribution in [-0.2, 0) is 27.2 Å². The summed E-state index contributed by atoms with van der Waals surface area (Å²) in [6, 6.07) is 3.48. The van der Waals surface area contributed by atoms with Crippen LogP contribution >= 0.6 is 0 Å². The number of nitrogens with zero attached hydrogens (tertiary/aromatic N) is 1. The number of aromatic nitrogens is 1. The molecule has 0 atom stereocenters. The second kappa shape index (κ2) is 8.46. The van der Waals surface area contributed by atoms with Crippen LogP contribution in [0.15, 0.2) is 18.3 Å². The number of esters is 1. The summed E-state index contributed by atoms with van der Waals surface area (Å²) < 4.78 is 12.2. The first kappa shape index (κ1) is 19.9. The van der Waals surface area contributed by atoms with Crippen molar-refractivity contribution in [2.75, 3.05) is 13.7 Å². The molecule has 0 unspecified atom stereocenters. The van der Waals surface area contributed by atoms with E-state index in [1.54, 1.807) is 12.1 Å². The van der Waals surface area contributed by atoms with E-state index in [4.69, 9.17) is 10.5 Å². The molecular weight excluding hydrogens is 360 g/mol. The van der Waals surface area contributed by atoms with Crippen molar-refractivity contribution in [1.29, 1.82) is 0 Å². The van der Waals surface area contributed by atoms with Crippen LogP contribution in [0.25, 0.3) is 5.52 Å². The van der Waals surface area contributed by atoms with E-state index in [0.717, 1.165) is 30.5 Å². The number of fused-ring (bicyclic) bond motifs is 1. The van der Waals surface area contributed by atoms with Crippen LogP contribution in [0.5, 0.6) is 5.75 Å². The van der Waals surface area contributed by atoms with Gasteiger partial charge in [0.2, 0.25) is 0 Å². The SMILES string of the molecule is CCc1c(C(=O)C(N)=O)c2c(OCC(=O)OC)cccn2c1CC1CCCC1. The quantitative estimate of drug-likeness (QED) is 0.427. The Hall–Kier alpha value is -2.83. The number of carbonyl (C=O) groups is 3. The van der Waals surface area contributed by atoms with Gasteiger partial charge in [0, 0.05) is 11.9 Å². The van der Waals surface area contributed by atoms with Crippen molar-refractivity contribution < 1.29 is 23.9 Å². The third-order valence-electron chi connectivity index (χ3n) is 5.47. The maximum atomic E-state index is 12.7. The number of ketones is 1. The molecule has 0 bridgehead atoms. The molecule has 28 heavy (non-hydrogen) atoms. The lowest BCUT2D eigenvalue weighted by molar-refractivity contribution is -0.142. The smallest absolute Gasteiger partial charge is 0.343 e. The lowest BCUT2D eigenvalue weighted by atomic mass is 9.96. The Labute approximate surface area is 163 Å². The fourth-order valence-electron chi connectivity index (χ4n) is 4.16. The molecule has 0 radical (unpaired) electrons. The van der Waals surface area contributed by atoms with Crippen LogP contribution in [-0.4, -0.2) is 35.8 Å². The predicted molar refractivity (Wildman–Crippen MR) is 103 cm³/mol. The van der Waals surface area contributed by atoms with E-state index < -0.39 is 17.7 Å². The van der Waals surface area contributed by atoms with E-state index in [1.165, 1.54) is 20.0 Å². The summed E-state index contributed by atoms with van der Waals surface area (Å²) in [6.45, 7) is 1.67. The van der Waals surface area contributed by atoms with Crippen molar-refractivity contribution in [3.8, 4) is 5.75 Å². The Morgan fingerprint density at radius 1 is 1.25 bits per heavy atom. The van der Waals surface area contributed by atoms with Crippen LogP contribution < -0.4 is 10.5 Å². The normalized spacial score (nSPS) is 14.4. The molecule has 2 heterocycles. The summed E-state index contributed by atoms with van der Waals surface area (Å²) in [7, 11) is 1.28. The Balaban J connectivity index is 2.17. The Morgan fingerprint density at radius 2 is 1.96 bits per heavy atom. The summed E-state index contributed by atoms with van der Waals surface area (Å²) in [4.78, 5) is 35.9. The fraction of sp³-hybridized carbons (Fsp3) is 0.476. The molecule has 2 aromatic rings. The van der Waals surface area contributed by atoms with Gasteiger partial charge in [-0.2, -0.15) is 0 Å². The molecule has 0 spiro atoms. The van der Waals surface area contributed by atoms with Gasteiger partial charge < -0.3 is 19.6 Å². The van der Waals surface area contributed by atoms with Gasteiger partial charge in [0.1, 0.15) is 5.75 Å². The number of nitrogens with two attached hydrogens (primary N) is 1. The molecule has 0 saturated heterocycles. The fourth-order valence-corrected chi connectivity index (χ4v) is 4.16. The summed E-state index contributed by atoms with van der Waals surface area (Å²) in [5.41, 5.74) is 7.94. The monoisotopic (exact) mass is 386 g/mol. The van der Waals surface area contributed by atoms with Gasteiger partial charge in [-0.1, -0.05) is 32.6 Å². The van der Waals surface area contributed by atoms with Crippen molar-refractivity contribution in [2.45, 2.75) is 45.4 Å². The van der Waals surface area contributed by atoms with Gasteiger partial charge in [-0.3, -0.25) is 9.59 Å². The number of hydrogen-bond acceptors (Lipinski definition) is 5. The van der Waals surface area contributed by atoms with Crippen LogP contribution in [0.4, 0.5) is 0 Å². The Kier molecular flexibility index (Phi) is 6.02. The molecule has 150 valence electrons. The number of carbonyl (C=O) groups excluding carboxylic acids is 3. The van der Waals surface area contributed by atoms with Gasteiger partial charge in [-0.25, -0.2) is 4.79 Å². The van der Waals surface area contributed by atoms with Gasteiger partial charge >= 0.3 is 5.97 Å². The molecule has 1 saturated carbocycles. The van der Waals surface area contributed by atoms with E-state index in [0.29, 0.717) is 23.6 Å². The zero-order chi connectivity index (χ0) is 20.3. The van der Waals surface area contributed by atoms with Crippen LogP contribution in [0, 0.1) is 5.92 Å². The standard InChI is InChI=1S/C21H26N2O5/c1-3-14-15(11-13-7-4-5-8-13)23-10-6-9-16(28-12-17(24)27-2)19(23)18(14)20(25)21(22)26/h6,9-10,13H,3-5,7-8,11-12H2,1-2H3,(H2,22,26). The molecule has 3 rings (SSSR count). The van der Waals surface area contributed by atoms with E-state index in [9.17, 15) is 14.4 Å². The first-order valence-electron chi connectivity index (χ1n) is 9.66. The first-order chi connectivity index (χ1) is 13.5. The summed E-state index contributed by atoms with van der Waals surface area (Å²) in [5, 5.41) is 0. The molecule has 1 aliphatic rings. The molecule has 0 aliphatic heterocycles. The van der Waals surface area contributed by atoms with Gasteiger partial charge in [0.05, 0.1) is 18.2 Å². The summed E-state index contributed by atoms with van der Waals surface area (Å²) >= 11 is 0. The van der Waals surface area contributed by atoms with Gasteiger partial charge in [0.15, 0.2) is 6.61 Å². The molecule has 2 aromatic heterocycles. The van der Waals surface area contributed by atoms with Crippen LogP contribution in [0.1, 0.15) is 54.2 Å². The van der Waals surface area contributed by atoms with E-state index in [1.807, 2.05) is 17.5 Å². The number of amides is 1. The highest BCUT2D eigenvalue weighted by Gasteiger charge is 2.29. The van der Waals surface area contributed by atoms with Gasteiger partial charge in [-0.15, -0.1) is 0 Å². The van der Waals surface area contributed by atoms with E-state index >= 15 is 0 Å². The predicted octanol–water partition coefficient (Wildman–Crippen LogP) is 2.45. The number of ether oxygens (including phenoxy) is 2. The molecule has 1 amide bonds. The molecule has 1 fully saturated rings. The minimum atomic E-state index is -1.00. The average Bonchev–Trinajstić information content (AvgIpc) is 3.31. The molecule has 0 aromatic carbocycles. The Morgan fingerprint density at radius 3 is 2.57 bits per heavy atom. The number of Topliss-reactive ketones (excluding diaryl/α,β-unsaturated/α-hetero) is 1. The third-order valence-corrected chi connectivity index (χ3v) is 5.47. The average molecular weight is 386 g/mol. The summed E-state index contributed by atoms with van der Waals surface area (Å²) in [6.07, 6.45) is 8.04. The second-order valence-electron chi connectivity index (χ2n) is 7.16. The number of hydrogen-bond donors (Lipinski definition) is 1. The van der Waals surface area contributed by atoms with Crippen molar-refractivity contribution in [2.24, 2.45) is 11.7 Å². The van der Waals surface area contributed by atoms with Crippen molar-refractivity contribution in [3.05, 3.63) is 35.2 Å². The maximum absolute atomic E-state index is 12.7. The highest BCUT2D eigenvalue weighted by Crippen LogP contribution is 2.36. The second-order valence-corrected chi connectivity index (χ2v) is 7.16. The molecule has 7 nitrogen and oxygen atoms in total. The highest BCUT2D eigenvalue weighted by atomic mass is 16.6. The van der Waals surface area contributed by atoms with Crippen LogP contribution in [0.2, 0.25) is 0 Å². The van der Waals surface area contributed by atoms with Crippen molar-refractivity contribution in [3.63, 3.8) is 0 Å². The topological polar surface area (TPSA) is 100 Å². The Bertz CT molecular complexity index is 909. The maximum Gasteiger partial charge on any atom is 0.343 e. The minimum Gasteiger partial charge on any atom is -0.480 e. The molecular formula is C21H26N2O5. The lowest BCUT2D eigenvalue weighted by Crippen LogP contribution is -2.24. The van der Waals surface area contributed by atoms with Gasteiger partial charge in [-0.05, 0) is 36.5 Å². The van der Waals surface area contributed by atoms with E-state index in [-0.39, 0.29) is 12.2 Å². The minimum absolute atomic E-state index is 0.281. The van der Waals surface area contributed by atoms with Crippen molar-refractivity contribution >= 4 is 23.2 Å². The van der Waals surface area contributed by atoms with Gasteiger partial charge in [0.25, 0.3) is 11.7 Å². The van der Waals surface area contributed by atoms with Crippen molar-refractivity contribution in [1.82, 2.24) is 4.40 Å². The number of primary amides is 1. The summed E-state index contributed by atoms with van der Waals surface area (Å²) in [5.74, 6) is -1.36. The largest absolute Gasteiger partial charge is 0.480 e. The third kappa shape index (κ3) is 3.74. The number of pyridine rings is 1. The highest BCUT2D eigenvalue weighted by molar-refractivity contribution is 6.44. The number of methoxy groups -OCH3 is 1.